The van der Waals surface area contributed by atoms with Crippen molar-refractivity contribution in [1.29, 1.82) is 0 Å². The van der Waals surface area contributed by atoms with Gasteiger partial charge < -0.3 is 4.90 Å². The van der Waals surface area contributed by atoms with E-state index in [0.29, 0.717) is 11.8 Å². The summed E-state index contributed by atoms with van der Waals surface area (Å²) in [6.45, 7) is 5.94. The summed E-state index contributed by atoms with van der Waals surface area (Å²) < 4.78 is 39.1. The third-order valence-corrected chi connectivity index (χ3v) is 4.39. The number of likely N-dealkylation sites (tertiary alicyclic amines) is 1. The predicted molar refractivity (Wildman–Crippen MR) is 87.3 cm³/mol. The third-order valence-electron chi connectivity index (χ3n) is 4.39. The molecule has 1 aliphatic rings. The monoisotopic (exact) mass is 342 g/mol. The quantitative estimate of drug-likeness (QED) is 0.834. The van der Waals surface area contributed by atoms with Gasteiger partial charge in [-0.15, -0.1) is 0 Å². The molecule has 134 valence electrons. The Kier molecular flexibility index (Phi) is 5.91. The van der Waals surface area contributed by atoms with Gasteiger partial charge in [0, 0.05) is 19.6 Å². The van der Waals surface area contributed by atoms with Crippen molar-refractivity contribution in [2.45, 2.75) is 33.0 Å². The van der Waals surface area contributed by atoms with E-state index in [4.69, 9.17) is 0 Å². The number of hydrogen-bond acceptors (Lipinski definition) is 2. The van der Waals surface area contributed by atoms with Gasteiger partial charge >= 0.3 is 6.18 Å². The van der Waals surface area contributed by atoms with Crippen LogP contribution in [0.25, 0.3) is 0 Å². The highest BCUT2D eigenvalue weighted by Crippen LogP contribution is 2.32. The highest BCUT2D eigenvalue weighted by Gasteiger charge is 2.33. The van der Waals surface area contributed by atoms with Gasteiger partial charge in [0.05, 0.1) is 12.1 Å². The van der Waals surface area contributed by atoms with Gasteiger partial charge in [-0.1, -0.05) is 32.0 Å². The first-order valence-corrected chi connectivity index (χ1v) is 8.28. The summed E-state index contributed by atoms with van der Waals surface area (Å²) in [5, 5.41) is 0. The molecule has 24 heavy (non-hydrogen) atoms. The highest BCUT2D eigenvalue weighted by atomic mass is 19.4. The number of amides is 1. The first kappa shape index (κ1) is 18.8. The zero-order chi connectivity index (χ0) is 17.9. The van der Waals surface area contributed by atoms with Crippen LogP contribution in [0.5, 0.6) is 0 Å². The first-order chi connectivity index (χ1) is 11.2. The van der Waals surface area contributed by atoms with Gasteiger partial charge in [-0.25, -0.2) is 0 Å². The maximum Gasteiger partial charge on any atom is 0.416 e. The summed E-state index contributed by atoms with van der Waals surface area (Å²) in [6.07, 6.45) is -3.27. The van der Waals surface area contributed by atoms with Crippen LogP contribution in [-0.4, -0.2) is 42.4 Å². The Labute approximate surface area is 141 Å². The fraction of sp³-hybridized carbons (Fsp3) is 0.611. The van der Waals surface area contributed by atoms with Crippen LogP contribution in [0.2, 0.25) is 0 Å². The van der Waals surface area contributed by atoms with Crippen molar-refractivity contribution in [3.8, 4) is 0 Å². The van der Waals surface area contributed by atoms with E-state index in [1.165, 1.54) is 12.1 Å². The second-order valence-electron chi connectivity index (χ2n) is 7.07. The number of piperidine rings is 1. The van der Waals surface area contributed by atoms with Gasteiger partial charge in [-0.2, -0.15) is 13.2 Å². The number of alkyl halides is 3. The lowest BCUT2D eigenvalue weighted by Gasteiger charge is -2.36. The summed E-state index contributed by atoms with van der Waals surface area (Å²) in [5.41, 5.74) is -0.440. The standard InChI is InChI=1S/C18H25F3N2O/c1-13-8-14(2)10-23(9-13)17(24)12-22(3)11-15-6-4-5-7-16(15)18(19,20)21/h4-7,13-14H,8-12H2,1-3H3. The Bertz CT molecular complexity index is 564. The van der Waals surface area contributed by atoms with Crippen LogP contribution in [-0.2, 0) is 17.5 Å². The van der Waals surface area contributed by atoms with Crippen molar-refractivity contribution in [3.05, 3.63) is 35.4 Å². The van der Waals surface area contributed by atoms with E-state index in [1.54, 1.807) is 18.0 Å². The number of benzene rings is 1. The number of carbonyl (C=O) groups is 1. The van der Waals surface area contributed by atoms with Crippen molar-refractivity contribution in [2.75, 3.05) is 26.7 Å². The number of hydrogen-bond donors (Lipinski definition) is 0. The Morgan fingerprint density at radius 1 is 1.21 bits per heavy atom. The van der Waals surface area contributed by atoms with Crippen molar-refractivity contribution in [3.63, 3.8) is 0 Å². The molecule has 0 aliphatic carbocycles. The maximum atomic E-state index is 13.0. The molecule has 3 nitrogen and oxygen atoms in total. The van der Waals surface area contributed by atoms with E-state index in [2.05, 4.69) is 13.8 Å². The molecule has 2 atom stereocenters. The molecule has 6 heteroatoms. The Balaban J connectivity index is 1.99. The fourth-order valence-electron chi connectivity index (χ4n) is 3.48. The van der Waals surface area contributed by atoms with E-state index in [0.717, 1.165) is 25.6 Å². The Morgan fingerprint density at radius 2 is 1.79 bits per heavy atom. The molecule has 1 aliphatic heterocycles. The van der Waals surface area contributed by atoms with Gasteiger partial charge in [0.25, 0.3) is 0 Å². The van der Waals surface area contributed by atoms with Crippen LogP contribution >= 0.6 is 0 Å². The van der Waals surface area contributed by atoms with Crippen LogP contribution in [0.3, 0.4) is 0 Å². The second kappa shape index (κ2) is 7.55. The van der Waals surface area contributed by atoms with E-state index in [1.807, 2.05) is 4.90 Å². The van der Waals surface area contributed by atoms with E-state index < -0.39 is 11.7 Å². The molecule has 2 rings (SSSR count). The van der Waals surface area contributed by atoms with Crippen molar-refractivity contribution >= 4 is 5.91 Å². The molecule has 2 unspecified atom stereocenters. The van der Waals surface area contributed by atoms with E-state index in [9.17, 15) is 18.0 Å². The molecular weight excluding hydrogens is 317 g/mol. The average Bonchev–Trinajstić information content (AvgIpc) is 2.45. The lowest BCUT2D eigenvalue weighted by molar-refractivity contribution is -0.138. The zero-order valence-electron chi connectivity index (χ0n) is 14.4. The highest BCUT2D eigenvalue weighted by molar-refractivity contribution is 5.78. The molecule has 1 aromatic rings. The largest absolute Gasteiger partial charge is 0.416 e. The van der Waals surface area contributed by atoms with Crippen LogP contribution in [0, 0.1) is 11.8 Å². The number of rotatable bonds is 4. The van der Waals surface area contributed by atoms with Crippen LogP contribution < -0.4 is 0 Å². The Morgan fingerprint density at radius 3 is 2.38 bits per heavy atom. The maximum absolute atomic E-state index is 13.0. The molecule has 0 spiro atoms. The smallest absolute Gasteiger partial charge is 0.341 e. The fourth-order valence-corrected chi connectivity index (χ4v) is 3.48. The zero-order valence-corrected chi connectivity index (χ0v) is 14.4. The van der Waals surface area contributed by atoms with E-state index >= 15 is 0 Å². The molecule has 1 fully saturated rings. The van der Waals surface area contributed by atoms with Crippen molar-refractivity contribution < 1.29 is 18.0 Å². The summed E-state index contributed by atoms with van der Waals surface area (Å²) >= 11 is 0. The predicted octanol–water partition coefficient (Wildman–Crippen LogP) is 3.64. The second-order valence-corrected chi connectivity index (χ2v) is 7.07. The lowest BCUT2D eigenvalue weighted by atomic mass is 9.92. The van der Waals surface area contributed by atoms with Gasteiger partial charge in [0.1, 0.15) is 0 Å². The number of carbonyl (C=O) groups excluding carboxylic acids is 1. The first-order valence-electron chi connectivity index (χ1n) is 8.28. The molecule has 0 aromatic heterocycles. The molecule has 0 radical (unpaired) electrons. The molecule has 0 saturated carbocycles. The molecule has 1 heterocycles. The van der Waals surface area contributed by atoms with Crippen LogP contribution in [0.1, 0.15) is 31.4 Å². The number of likely N-dealkylation sites (N-methyl/N-ethyl adjacent to an activating group) is 1. The van der Waals surface area contributed by atoms with Gasteiger partial charge in [0.2, 0.25) is 5.91 Å². The minimum absolute atomic E-state index is 0.0135. The minimum Gasteiger partial charge on any atom is -0.341 e. The van der Waals surface area contributed by atoms with Gasteiger partial charge in [-0.3, -0.25) is 9.69 Å². The average molecular weight is 342 g/mol. The molecule has 0 bridgehead atoms. The summed E-state index contributed by atoms with van der Waals surface area (Å²) in [6, 6.07) is 5.52. The number of halogens is 3. The summed E-state index contributed by atoms with van der Waals surface area (Å²) in [7, 11) is 1.68. The molecular formula is C18H25F3N2O. The lowest BCUT2D eigenvalue weighted by Crippen LogP contribution is -2.46. The molecule has 0 N–H and O–H groups in total. The van der Waals surface area contributed by atoms with Gasteiger partial charge in [0.15, 0.2) is 0 Å². The normalized spacial score (nSPS) is 22.0. The Hall–Kier alpha value is -1.56. The summed E-state index contributed by atoms with van der Waals surface area (Å²) in [4.78, 5) is 15.9. The molecule has 1 amide bonds. The van der Waals surface area contributed by atoms with Crippen LogP contribution in [0.4, 0.5) is 13.2 Å². The summed E-state index contributed by atoms with van der Waals surface area (Å²) in [5.74, 6) is 0.920. The van der Waals surface area contributed by atoms with Crippen LogP contribution in [0.15, 0.2) is 24.3 Å². The van der Waals surface area contributed by atoms with Gasteiger partial charge in [-0.05, 0) is 36.9 Å². The van der Waals surface area contributed by atoms with E-state index in [-0.39, 0.29) is 24.6 Å². The topological polar surface area (TPSA) is 23.6 Å². The minimum atomic E-state index is -4.38. The SMILES string of the molecule is CC1CC(C)CN(C(=O)CN(C)Cc2ccccc2C(F)(F)F)C1. The van der Waals surface area contributed by atoms with Crippen molar-refractivity contribution in [2.24, 2.45) is 11.8 Å². The number of nitrogens with zero attached hydrogens (tertiary/aromatic N) is 2. The van der Waals surface area contributed by atoms with Crippen molar-refractivity contribution in [1.82, 2.24) is 9.80 Å². The molecule has 1 aromatic carbocycles. The molecule has 1 saturated heterocycles. The third kappa shape index (κ3) is 4.97.